The fourth-order valence-electron chi connectivity index (χ4n) is 1.82. The van der Waals surface area contributed by atoms with Gasteiger partial charge in [0.15, 0.2) is 0 Å². The molecule has 4 N–H and O–H groups in total. The van der Waals surface area contributed by atoms with E-state index in [2.05, 4.69) is 31.1 Å². The summed E-state index contributed by atoms with van der Waals surface area (Å²) < 4.78 is 0. The molecule has 1 rings (SSSR count). The molecule has 0 aliphatic rings. The average Bonchev–Trinajstić information content (AvgIpc) is 2.77. The van der Waals surface area contributed by atoms with Gasteiger partial charge in [0.25, 0.3) is 5.91 Å². The van der Waals surface area contributed by atoms with Crippen molar-refractivity contribution in [3.05, 3.63) is 17.5 Å². The molecular formula is C14H23N3OS2. The summed E-state index contributed by atoms with van der Waals surface area (Å²) in [6.07, 6.45) is 5.71. The van der Waals surface area contributed by atoms with Gasteiger partial charge in [-0.15, -0.1) is 29.7 Å². The highest BCUT2D eigenvalue weighted by atomic mass is 32.2. The van der Waals surface area contributed by atoms with E-state index in [0.29, 0.717) is 23.2 Å². The van der Waals surface area contributed by atoms with E-state index in [1.807, 2.05) is 6.26 Å². The fraction of sp³-hybridized carbons (Fsp3) is 0.500. The first kappa shape index (κ1) is 16.9. The van der Waals surface area contributed by atoms with E-state index in [4.69, 9.17) is 5.73 Å². The van der Waals surface area contributed by atoms with E-state index < -0.39 is 0 Å². The Bertz CT molecular complexity index is 467. The minimum absolute atomic E-state index is 0.139. The molecule has 0 aromatic carbocycles. The highest BCUT2D eigenvalue weighted by Gasteiger charge is 2.21. The molecule has 112 valence electrons. The summed E-state index contributed by atoms with van der Waals surface area (Å²) >= 11 is 2.99. The normalized spacial score (nSPS) is 10.6. The first-order valence-corrected chi connectivity index (χ1v) is 8.74. The summed E-state index contributed by atoms with van der Waals surface area (Å²) in [5.41, 5.74) is 6.68. The molecule has 20 heavy (non-hydrogen) atoms. The molecule has 4 nitrogen and oxygen atoms in total. The number of hydrogen-bond donors (Lipinski definition) is 3. The predicted molar refractivity (Wildman–Crippen MR) is 91.0 cm³/mol. The molecule has 0 spiro atoms. The second kappa shape index (κ2) is 8.21. The van der Waals surface area contributed by atoms with Crippen molar-refractivity contribution in [3.8, 4) is 0 Å². The molecule has 1 heterocycles. The molecule has 0 radical (unpaired) electrons. The van der Waals surface area contributed by atoms with Gasteiger partial charge in [0, 0.05) is 12.6 Å². The monoisotopic (exact) mass is 313 g/mol. The van der Waals surface area contributed by atoms with E-state index in [-0.39, 0.29) is 5.91 Å². The Kier molecular flexibility index (Phi) is 6.95. The Labute approximate surface area is 129 Å². The van der Waals surface area contributed by atoms with E-state index in [9.17, 15) is 4.79 Å². The molecule has 0 fully saturated rings. The minimum Gasteiger partial charge on any atom is -0.396 e. The van der Waals surface area contributed by atoms with Gasteiger partial charge in [0.05, 0.1) is 10.6 Å². The van der Waals surface area contributed by atoms with Crippen molar-refractivity contribution in [1.29, 1.82) is 0 Å². The highest BCUT2D eigenvalue weighted by molar-refractivity contribution is 7.99. The first-order chi connectivity index (χ1) is 9.58. The van der Waals surface area contributed by atoms with Crippen LogP contribution in [0.4, 0.5) is 10.7 Å². The molecule has 0 atom stereocenters. The molecule has 0 unspecified atom stereocenters. The lowest BCUT2D eigenvalue weighted by Gasteiger charge is -2.15. The number of carbonyl (C=O) groups excluding carboxylic acids is 1. The Hall–Kier alpha value is -1.14. The van der Waals surface area contributed by atoms with Gasteiger partial charge in [-0.05, 0) is 19.1 Å². The van der Waals surface area contributed by atoms with Crippen LogP contribution in [0, 0.1) is 0 Å². The van der Waals surface area contributed by atoms with Gasteiger partial charge in [-0.25, -0.2) is 0 Å². The molecule has 1 amide bonds. The zero-order chi connectivity index (χ0) is 15.1. The van der Waals surface area contributed by atoms with Crippen LogP contribution in [0.1, 0.15) is 36.4 Å². The van der Waals surface area contributed by atoms with Crippen molar-refractivity contribution < 1.29 is 4.79 Å². The maximum Gasteiger partial charge on any atom is 0.263 e. The van der Waals surface area contributed by atoms with Gasteiger partial charge in [-0.2, -0.15) is 0 Å². The molecule has 0 saturated carbocycles. The number of hydrogen-bond acceptors (Lipinski definition) is 5. The Morgan fingerprint density at radius 2 is 2.15 bits per heavy atom. The molecular weight excluding hydrogens is 290 g/mol. The third-order valence-electron chi connectivity index (χ3n) is 3.04. The van der Waals surface area contributed by atoms with E-state index in [1.165, 1.54) is 11.3 Å². The number of thiophene rings is 1. The zero-order valence-electron chi connectivity index (χ0n) is 12.3. The van der Waals surface area contributed by atoms with Crippen molar-refractivity contribution in [3.63, 3.8) is 0 Å². The largest absolute Gasteiger partial charge is 0.396 e. The summed E-state index contributed by atoms with van der Waals surface area (Å²) in [4.78, 5) is 13.6. The molecule has 1 aromatic heterocycles. The standard InChI is InChI=1S/C14H23N3OS2/c1-5-8-16-13(18)11-10(15)12(19-4)14(20-11)17-9(6-2)7-3/h5,9,17H,1,6-8,15H2,2-4H3,(H,16,18). The SMILES string of the molecule is C=CCNC(=O)c1sc(NC(CC)CC)c(SC)c1N. The van der Waals surface area contributed by atoms with Gasteiger partial charge in [-0.1, -0.05) is 19.9 Å². The van der Waals surface area contributed by atoms with Gasteiger partial charge in [0.1, 0.15) is 9.88 Å². The van der Waals surface area contributed by atoms with Gasteiger partial charge in [0.2, 0.25) is 0 Å². The molecule has 0 aliphatic carbocycles. The van der Waals surface area contributed by atoms with Crippen LogP contribution in [0.5, 0.6) is 0 Å². The molecule has 0 saturated heterocycles. The van der Waals surface area contributed by atoms with E-state index in [1.54, 1.807) is 17.8 Å². The van der Waals surface area contributed by atoms with Crippen LogP contribution < -0.4 is 16.4 Å². The maximum atomic E-state index is 12.1. The van der Waals surface area contributed by atoms with Crippen molar-refractivity contribution in [2.24, 2.45) is 0 Å². The maximum absolute atomic E-state index is 12.1. The summed E-state index contributed by atoms with van der Waals surface area (Å²) in [6.45, 7) is 8.33. The number of rotatable bonds is 8. The van der Waals surface area contributed by atoms with E-state index in [0.717, 1.165) is 22.7 Å². The van der Waals surface area contributed by atoms with Gasteiger partial charge in [-0.3, -0.25) is 4.79 Å². The fourth-order valence-corrected chi connectivity index (χ4v) is 3.83. The van der Waals surface area contributed by atoms with Crippen LogP contribution in [0.2, 0.25) is 0 Å². The lowest BCUT2D eigenvalue weighted by Crippen LogP contribution is -2.23. The third-order valence-corrected chi connectivity index (χ3v) is 5.13. The summed E-state index contributed by atoms with van der Waals surface area (Å²) in [5, 5.41) is 7.25. The Balaban J connectivity index is 3.01. The number of carbonyl (C=O) groups is 1. The van der Waals surface area contributed by atoms with Crippen LogP contribution in [0.25, 0.3) is 0 Å². The number of anilines is 2. The number of thioether (sulfide) groups is 1. The smallest absolute Gasteiger partial charge is 0.263 e. The summed E-state index contributed by atoms with van der Waals surface area (Å²) in [7, 11) is 0. The molecule has 1 aromatic rings. The lowest BCUT2D eigenvalue weighted by atomic mass is 10.2. The van der Waals surface area contributed by atoms with Gasteiger partial charge >= 0.3 is 0 Å². The van der Waals surface area contributed by atoms with Crippen LogP contribution in [0.3, 0.4) is 0 Å². The second-order valence-electron chi connectivity index (χ2n) is 4.36. The van der Waals surface area contributed by atoms with Crippen molar-refractivity contribution >= 4 is 39.7 Å². The van der Waals surface area contributed by atoms with Crippen LogP contribution >= 0.6 is 23.1 Å². The second-order valence-corrected chi connectivity index (χ2v) is 6.20. The number of nitrogens with one attached hydrogen (secondary N) is 2. The van der Waals surface area contributed by atoms with Crippen molar-refractivity contribution in [1.82, 2.24) is 5.32 Å². The number of nitrogen functional groups attached to an aromatic ring is 1. The Morgan fingerprint density at radius 3 is 2.65 bits per heavy atom. The lowest BCUT2D eigenvalue weighted by molar-refractivity contribution is 0.0963. The Morgan fingerprint density at radius 1 is 1.50 bits per heavy atom. The topological polar surface area (TPSA) is 67.2 Å². The minimum atomic E-state index is -0.139. The quantitative estimate of drug-likeness (QED) is 0.507. The number of amides is 1. The van der Waals surface area contributed by atoms with Gasteiger partial charge < -0.3 is 16.4 Å². The highest BCUT2D eigenvalue weighted by Crippen LogP contribution is 2.42. The van der Waals surface area contributed by atoms with Crippen LogP contribution in [0.15, 0.2) is 17.6 Å². The molecule has 0 bridgehead atoms. The van der Waals surface area contributed by atoms with Crippen molar-refractivity contribution in [2.45, 2.75) is 37.6 Å². The zero-order valence-corrected chi connectivity index (χ0v) is 13.9. The van der Waals surface area contributed by atoms with E-state index >= 15 is 0 Å². The van der Waals surface area contributed by atoms with Crippen LogP contribution in [-0.4, -0.2) is 24.7 Å². The molecule has 6 heteroatoms. The molecule has 0 aliphatic heterocycles. The first-order valence-electron chi connectivity index (χ1n) is 6.70. The number of nitrogens with two attached hydrogens (primary N) is 1. The van der Waals surface area contributed by atoms with Crippen LogP contribution in [-0.2, 0) is 0 Å². The average molecular weight is 313 g/mol. The summed E-state index contributed by atoms with van der Waals surface area (Å²) in [6, 6.07) is 0.406. The summed E-state index contributed by atoms with van der Waals surface area (Å²) in [5.74, 6) is -0.139. The third kappa shape index (κ3) is 3.93. The predicted octanol–water partition coefficient (Wildman–Crippen LogP) is 3.57. The van der Waals surface area contributed by atoms with Crippen molar-refractivity contribution in [2.75, 3.05) is 23.9 Å².